The summed E-state index contributed by atoms with van der Waals surface area (Å²) in [7, 11) is 0. The van der Waals surface area contributed by atoms with E-state index in [1.807, 2.05) is 13.8 Å². The van der Waals surface area contributed by atoms with Crippen LogP contribution in [0.25, 0.3) is 5.76 Å². The van der Waals surface area contributed by atoms with E-state index in [0.29, 0.717) is 22.6 Å². The van der Waals surface area contributed by atoms with Crippen LogP contribution in [-0.4, -0.2) is 22.9 Å². The zero-order valence-corrected chi connectivity index (χ0v) is 17.7. The average Bonchev–Trinajstić information content (AvgIpc) is 3.05. The summed E-state index contributed by atoms with van der Waals surface area (Å²) in [6.07, 6.45) is -0.0738. The maximum absolute atomic E-state index is 13.6. The van der Waals surface area contributed by atoms with Crippen molar-refractivity contribution in [2.24, 2.45) is 0 Å². The molecule has 1 amide bonds. The molecule has 5 nitrogen and oxygen atoms in total. The quantitative estimate of drug-likeness (QED) is 0.341. The molecule has 4 rings (SSSR count). The first kappa shape index (κ1) is 21.3. The Morgan fingerprint density at radius 3 is 2.31 bits per heavy atom. The van der Waals surface area contributed by atoms with E-state index in [0.717, 1.165) is 0 Å². The van der Waals surface area contributed by atoms with E-state index in [1.165, 1.54) is 29.2 Å². The van der Waals surface area contributed by atoms with Gasteiger partial charge in [0, 0.05) is 11.3 Å². The van der Waals surface area contributed by atoms with E-state index in [2.05, 4.69) is 0 Å². The molecule has 1 aliphatic heterocycles. The molecular weight excluding hydrogens is 409 g/mol. The summed E-state index contributed by atoms with van der Waals surface area (Å²) in [5.74, 6) is -1.80. The van der Waals surface area contributed by atoms with Crippen LogP contribution in [0.2, 0.25) is 0 Å². The fraction of sp³-hybridized carbons (Fsp3) is 0.154. The lowest BCUT2D eigenvalue weighted by atomic mass is 9.95. The van der Waals surface area contributed by atoms with Crippen molar-refractivity contribution in [2.45, 2.75) is 26.0 Å². The molecule has 0 saturated carbocycles. The van der Waals surface area contributed by atoms with Crippen molar-refractivity contribution in [1.82, 2.24) is 0 Å². The van der Waals surface area contributed by atoms with Crippen molar-refractivity contribution in [3.63, 3.8) is 0 Å². The number of aliphatic hydroxyl groups is 1. The van der Waals surface area contributed by atoms with Crippen LogP contribution >= 0.6 is 0 Å². The highest BCUT2D eigenvalue weighted by atomic mass is 19.1. The predicted molar refractivity (Wildman–Crippen MR) is 120 cm³/mol. The Labute approximate surface area is 185 Å². The normalized spacial score (nSPS) is 17.8. The first-order valence-electron chi connectivity index (χ1n) is 10.3. The van der Waals surface area contributed by atoms with Crippen LogP contribution in [0.3, 0.4) is 0 Å². The van der Waals surface area contributed by atoms with E-state index < -0.39 is 23.5 Å². The highest BCUT2D eigenvalue weighted by Gasteiger charge is 2.46. The number of halogens is 1. The number of hydrogen-bond donors (Lipinski definition) is 1. The summed E-state index contributed by atoms with van der Waals surface area (Å²) in [5, 5.41) is 11.2. The third-order valence-electron chi connectivity index (χ3n) is 5.14. The molecule has 0 spiro atoms. The van der Waals surface area contributed by atoms with E-state index >= 15 is 0 Å². The van der Waals surface area contributed by atoms with Gasteiger partial charge in [-0.2, -0.15) is 0 Å². The van der Waals surface area contributed by atoms with Gasteiger partial charge in [0.25, 0.3) is 11.7 Å². The SMILES string of the molecule is CC(C)Oc1cccc(/C(O)=C2/C(=O)C(=O)N(c3ccccc3)C2c2ccc(F)cc2)c1. The molecule has 6 heteroatoms. The number of anilines is 1. The van der Waals surface area contributed by atoms with Crippen LogP contribution in [-0.2, 0) is 9.59 Å². The van der Waals surface area contributed by atoms with E-state index in [9.17, 15) is 19.1 Å². The molecular formula is C26H22FNO4. The second-order valence-electron chi connectivity index (χ2n) is 7.75. The van der Waals surface area contributed by atoms with Gasteiger partial charge in [-0.3, -0.25) is 14.5 Å². The number of nitrogens with zero attached hydrogens (tertiary/aromatic N) is 1. The summed E-state index contributed by atoms with van der Waals surface area (Å²) in [6, 6.07) is 20.1. The number of benzene rings is 3. The van der Waals surface area contributed by atoms with Crippen LogP contribution in [0.4, 0.5) is 10.1 Å². The van der Waals surface area contributed by atoms with Crippen molar-refractivity contribution in [3.8, 4) is 5.75 Å². The largest absolute Gasteiger partial charge is 0.507 e. The molecule has 3 aromatic carbocycles. The lowest BCUT2D eigenvalue weighted by Gasteiger charge is -2.25. The van der Waals surface area contributed by atoms with Crippen molar-refractivity contribution in [3.05, 3.63) is 101 Å². The Bertz CT molecular complexity index is 1190. The molecule has 3 aromatic rings. The van der Waals surface area contributed by atoms with Crippen molar-refractivity contribution in [1.29, 1.82) is 0 Å². The summed E-state index contributed by atoms with van der Waals surface area (Å²) in [6.45, 7) is 3.76. The van der Waals surface area contributed by atoms with Crippen LogP contribution < -0.4 is 9.64 Å². The molecule has 0 bridgehead atoms. The van der Waals surface area contributed by atoms with Crippen LogP contribution in [0.1, 0.15) is 31.0 Å². The number of carbonyl (C=O) groups is 2. The zero-order valence-electron chi connectivity index (χ0n) is 17.7. The standard InChI is InChI=1S/C26H22FNO4/c1-16(2)32-21-10-6-7-18(15-21)24(29)22-23(17-11-13-19(27)14-12-17)28(26(31)25(22)30)20-8-4-3-5-9-20/h3-16,23,29H,1-2H3/b24-22-. The summed E-state index contributed by atoms with van der Waals surface area (Å²) < 4.78 is 19.3. The van der Waals surface area contributed by atoms with Gasteiger partial charge in [0.05, 0.1) is 17.7 Å². The van der Waals surface area contributed by atoms with Crippen molar-refractivity contribution < 1.29 is 23.8 Å². The average molecular weight is 431 g/mol. The van der Waals surface area contributed by atoms with Gasteiger partial charge >= 0.3 is 0 Å². The Morgan fingerprint density at radius 2 is 1.66 bits per heavy atom. The van der Waals surface area contributed by atoms with Gasteiger partial charge in [-0.25, -0.2) is 4.39 Å². The van der Waals surface area contributed by atoms with E-state index in [-0.39, 0.29) is 17.4 Å². The number of ketones is 1. The second-order valence-corrected chi connectivity index (χ2v) is 7.75. The molecule has 1 saturated heterocycles. The highest BCUT2D eigenvalue weighted by Crippen LogP contribution is 2.42. The minimum Gasteiger partial charge on any atom is -0.507 e. The summed E-state index contributed by atoms with van der Waals surface area (Å²) in [5.41, 5.74) is 1.29. The Kier molecular flexibility index (Phi) is 5.77. The number of carbonyl (C=O) groups excluding carboxylic acids is 2. The first-order chi connectivity index (χ1) is 15.4. The lowest BCUT2D eigenvalue weighted by molar-refractivity contribution is -0.132. The summed E-state index contributed by atoms with van der Waals surface area (Å²) in [4.78, 5) is 27.5. The third kappa shape index (κ3) is 3.99. The molecule has 0 aliphatic carbocycles. The number of rotatable bonds is 5. The topological polar surface area (TPSA) is 66.8 Å². The van der Waals surface area contributed by atoms with Gasteiger partial charge in [-0.05, 0) is 55.8 Å². The Morgan fingerprint density at radius 1 is 0.969 bits per heavy atom. The van der Waals surface area contributed by atoms with Gasteiger partial charge < -0.3 is 9.84 Å². The van der Waals surface area contributed by atoms with Crippen LogP contribution in [0, 0.1) is 5.82 Å². The number of amides is 1. The van der Waals surface area contributed by atoms with Crippen molar-refractivity contribution >= 4 is 23.1 Å². The Balaban J connectivity index is 1.90. The molecule has 1 N–H and O–H groups in total. The molecule has 1 atom stereocenters. The third-order valence-corrected chi connectivity index (χ3v) is 5.14. The van der Waals surface area contributed by atoms with E-state index in [1.54, 1.807) is 54.6 Å². The van der Waals surface area contributed by atoms with E-state index in [4.69, 9.17) is 4.74 Å². The maximum Gasteiger partial charge on any atom is 0.300 e. The number of hydrogen-bond acceptors (Lipinski definition) is 4. The number of Topliss-reactive ketones (excluding diaryl/α,β-unsaturated/α-hetero) is 1. The number of para-hydroxylation sites is 1. The Hall–Kier alpha value is -3.93. The predicted octanol–water partition coefficient (Wildman–Crippen LogP) is 5.24. The highest BCUT2D eigenvalue weighted by molar-refractivity contribution is 6.51. The first-order valence-corrected chi connectivity index (χ1v) is 10.3. The second kappa shape index (κ2) is 8.67. The van der Waals surface area contributed by atoms with Gasteiger partial charge in [-0.1, -0.05) is 42.5 Å². The molecule has 1 heterocycles. The molecule has 1 aliphatic rings. The fourth-order valence-corrected chi connectivity index (χ4v) is 3.79. The molecule has 1 unspecified atom stereocenters. The van der Waals surface area contributed by atoms with Gasteiger partial charge in [0.2, 0.25) is 0 Å². The van der Waals surface area contributed by atoms with Gasteiger partial charge in [-0.15, -0.1) is 0 Å². The molecule has 162 valence electrons. The van der Waals surface area contributed by atoms with Gasteiger partial charge in [0.1, 0.15) is 17.3 Å². The maximum atomic E-state index is 13.6. The minimum atomic E-state index is -0.910. The number of aliphatic hydroxyl groups excluding tert-OH is 1. The van der Waals surface area contributed by atoms with Gasteiger partial charge in [0.15, 0.2) is 0 Å². The minimum absolute atomic E-state index is 0.0628. The van der Waals surface area contributed by atoms with Crippen LogP contribution in [0.15, 0.2) is 84.4 Å². The monoisotopic (exact) mass is 431 g/mol. The molecule has 0 aromatic heterocycles. The molecule has 1 fully saturated rings. The summed E-state index contributed by atoms with van der Waals surface area (Å²) >= 11 is 0. The zero-order chi connectivity index (χ0) is 22.8. The molecule has 0 radical (unpaired) electrons. The van der Waals surface area contributed by atoms with Crippen LogP contribution in [0.5, 0.6) is 5.75 Å². The number of ether oxygens (including phenoxy) is 1. The lowest BCUT2D eigenvalue weighted by Crippen LogP contribution is -2.29. The fourth-order valence-electron chi connectivity index (χ4n) is 3.79. The molecule has 32 heavy (non-hydrogen) atoms. The van der Waals surface area contributed by atoms with Crippen molar-refractivity contribution in [2.75, 3.05) is 4.90 Å². The smallest absolute Gasteiger partial charge is 0.300 e.